The number of aliphatic carboxylic acids is 1. The van der Waals surface area contributed by atoms with Gasteiger partial charge < -0.3 is 49.3 Å². The number of hydrogen-bond acceptors (Lipinski definition) is 11. The molecule has 0 spiro atoms. The molecule has 1 heterocycles. The molecule has 0 saturated carbocycles. The normalized spacial score (nSPS) is 16.4. The predicted molar refractivity (Wildman–Crippen MR) is 205 cm³/mol. The Kier molecular flexibility index (Phi) is 28.5. The van der Waals surface area contributed by atoms with Gasteiger partial charge in [0, 0.05) is 50.9 Å². The van der Waals surface area contributed by atoms with Gasteiger partial charge in [-0.3, -0.25) is 14.4 Å². The van der Waals surface area contributed by atoms with E-state index in [4.69, 9.17) is 28.4 Å². The molecule has 14 nitrogen and oxygen atoms in total. The Labute approximate surface area is 322 Å². The smallest absolute Gasteiger partial charge is 0.333 e. The van der Waals surface area contributed by atoms with Crippen LogP contribution in [0.4, 0.5) is 0 Å². The van der Waals surface area contributed by atoms with Crippen LogP contribution >= 0.6 is 0 Å². The first-order valence-electron chi connectivity index (χ1n) is 19.0. The summed E-state index contributed by atoms with van der Waals surface area (Å²) in [6, 6.07) is 5.50. The van der Waals surface area contributed by atoms with Gasteiger partial charge in [-0.15, -0.1) is 12.8 Å². The number of carboxylic acids is 1. The summed E-state index contributed by atoms with van der Waals surface area (Å²) in [5, 5.41) is 25.1. The highest BCUT2D eigenvalue weighted by molar-refractivity contribution is 5.76. The van der Waals surface area contributed by atoms with E-state index in [2.05, 4.69) is 23.5 Å². The van der Waals surface area contributed by atoms with E-state index in [1.54, 1.807) is 26.8 Å². The number of hydrogen-bond donors (Lipinski definition) is 4. The van der Waals surface area contributed by atoms with Crippen molar-refractivity contribution in [2.24, 2.45) is 5.41 Å². The first-order chi connectivity index (χ1) is 25.9. The van der Waals surface area contributed by atoms with E-state index in [0.717, 1.165) is 31.2 Å². The molecule has 0 radical (unpaired) electrons. The van der Waals surface area contributed by atoms with Crippen LogP contribution in [0.5, 0.6) is 5.75 Å². The van der Waals surface area contributed by atoms with E-state index >= 15 is 0 Å². The van der Waals surface area contributed by atoms with Gasteiger partial charge in [-0.1, -0.05) is 33.3 Å². The third-order valence-corrected chi connectivity index (χ3v) is 7.69. The monoisotopic (exact) mass is 766 g/mol. The molecule has 3 unspecified atom stereocenters. The van der Waals surface area contributed by atoms with Gasteiger partial charge in [0.25, 0.3) is 0 Å². The van der Waals surface area contributed by atoms with Crippen molar-refractivity contribution < 1.29 is 57.8 Å². The van der Waals surface area contributed by atoms with Gasteiger partial charge in [0.15, 0.2) is 6.10 Å². The summed E-state index contributed by atoms with van der Waals surface area (Å²) in [4.78, 5) is 46.9. The number of rotatable bonds is 25. The maximum absolute atomic E-state index is 12.4. The number of unbranched alkanes of at least 4 members (excludes halogenated alkanes) is 2. The fourth-order valence-corrected chi connectivity index (χ4v) is 4.82. The van der Waals surface area contributed by atoms with Crippen molar-refractivity contribution in [2.75, 3.05) is 52.7 Å². The Morgan fingerprint density at radius 2 is 1.48 bits per heavy atom. The number of aliphatic hydroxyl groups excluding tert-OH is 1. The Morgan fingerprint density at radius 1 is 0.852 bits per heavy atom. The minimum Gasteiger partial charge on any atom is -0.479 e. The fourth-order valence-electron chi connectivity index (χ4n) is 4.82. The molecule has 3 atom stereocenters. The molecule has 1 aromatic rings. The molecule has 0 aromatic heterocycles. The molecule has 308 valence electrons. The number of carbonyl (C=O) groups excluding carboxylic acids is 3. The summed E-state index contributed by atoms with van der Waals surface area (Å²) >= 11 is 0. The third-order valence-electron chi connectivity index (χ3n) is 7.69. The van der Waals surface area contributed by atoms with Crippen molar-refractivity contribution in [2.45, 2.75) is 124 Å². The summed E-state index contributed by atoms with van der Waals surface area (Å²) in [6.45, 7) is 14.8. The van der Waals surface area contributed by atoms with Crippen LogP contribution in [-0.4, -0.2) is 105 Å². The molecule has 1 aliphatic heterocycles. The third kappa shape index (κ3) is 23.8. The minimum atomic E-state index is -1.17. The maximum Gasteiger partial charge on any atom is 0.333 e. The first kappa shape index (κ1) is 50.3. The van der Waals surface area contributed by atoms with Crippen LogP contribution < -0.4 is 15.4 Å². The van der Waals surface area contributed by atoms with Crippen molar-refractivity contribution in [1.82, 2.24) is 10.6 Å². The second-order valence-electron chi connectivity index (χ2n) is 13.2. The van der Waals surface area contributed by atoms with E-state index in [0.29, 0.717) is 83.3 Å². The SMILES string of the molecule is C#C.CC.CCC(=O)NCCCCCC(=O)NCCOCCOCCOCCCc1ccc(OC2CC(O)CC(C(=O)O)O2)c(COC(=O)C(C)(C)C)c1. The number of carbonyl (C=O) groups is 4. The lowest BCUT2D eigenvalue weighted by atomic mass is 9.97. The fraction of sp³-hybridized carbons (Fsp3) is 0.700. The quantitative estimate of drug-likeness (QED) is 0.0618. The zero-order chi connectivity index (χ0) is 40.8. The molecule has 2 amide bonds. The van der Waals surface area contributed by atoms with E-state index in [-0.39, 0.29) is 37.2 Å². The van der Waals surface area contributed by atoms with Gasteiger partial charge in [0.2, 0.25) is 18.1 Å². The van der Waals surface area contributed by atoms with Crippen molar-refractivity contribution in [1.29, 1.82) is 0 Å². The molecular weight excluding hydrogens is 700 g/mol. The summed E-state index contributed by atoms with van der Waals surface area (Å²) < 4.78 is 33.8. The summed E-state index contributed by atoms with van der Waals surface area (Å²) in [5.74, 6) is -1.10. The van der Waals surface area contributed by atoms with Crippen LogP contribution in [0.3, 0.4) is 0 Å². The minimum absolute atomic E-state index is 0.00352. The number of aryl methyl sites for hydroxylation is 1. The highest BCUT2D eigenvalue weighted by Gasteiger charge is 2.34. The molecule has 1 fully saturated rings. The zero-order valence-electron chi connectivity index (χ0n) is 33.3. The first-order valence-corrected chi connectivity index (χ1v) is 19.0. The molecule has 54 heavy (non-hydrogen) atoms. The van der Waals surface area contributed by atoms with E-state index < -0.39 is 29.9 Å². The topological polar surface area (TPSA) is 188 Å². The number of benzene rings is 1. The molecule has 2 rings (SSSR count). The number of terminal acetylenes is 1. The zero-order valence-corrected chi connectivity index (χ0v) is 33.3. The number of nitrogens with one attached hydrogen (secondary N) is 2. The van der Waals surface area contributed by atoms with Crippen molar-refractivity contribution in [3.05, 3.63) is 29.3 Å². The van der Waals surface area contributed by atoms with Gasteiger partial charge in [0.1, 0.15) is 12.4 Å². The molecule has 0 aliphatic carbocycles. The molecule has 1 aliphatic rings. The lowest BCUT2D eigenvalue weighted by molar-refractivity contribution is -0.195. The summed E-state index contributed by atoms with van der Waals surface area (Å²) in [7, 11) is 0. The average Bonchev–Trinajstić information content (AvgIpc) is 3.15. The van der Waals surface area contributed by atoms with Crippen LogP contribution in [0.1, 0.15) is 104 Å². The van der Waals surface area contributed by atoms with Gasteiger partial charge in [-0.05, 0) is 64.2 Å². The second-order valence-corrected chi connectivity index (χ2v) is 13.2. The largest absolute Gasteiger partial charge is 0.479 e. The number of amides is 2. The molecule has 1 saturated heterocycles. The van der Waals surface area contributed by atoms with Gasteiger partial charge in [0.05, 0.1) is 44.6 Å². The average molecular weight is 767 g/mol. The Bertz CT molecular complexity index is 1220. The number of esters is 1. The van der Waals surface area contributed by atoms with Crippen LogP contribution in [0.15, 0.2) is 18.2 Å². The number of ether oxygens (including phenoxy) is 6. The van der Waals surface area contributed by atoms with Crippen molar-refractivity contribution in [3.8, 4) is 18.6 Å². The lowest BCUT2D eigenvalue weighted by Gasteiger charge is -2.31. The molecule has 14 heteroatoms. The van der Waals surface area contributed by atoms with Crippen LogP contribution in [0.25, 0.3) is 0 Å². The second kappa shape index (κ2) is 30.6. The molecule has 1 aromatic carbocycles. The predicted octanol–water partition coefficient (Wildman–Crippen LogP) is 4.57. The molecular formula is C40H66N2O12. The maximum atomic E-state index is 12.4. The Hall–Kier alpha value is -3.74. The Balaban J connectivity index is 0.00000678. The van der Waals surface area contributed by atoms with E-state index in [1.807, 2.05) is 32.9 Å². The molecule has 0 bridgehead atoms. The van der Waals surface area contributed by atoms with E-state index in [9.17, 15) is 29.4 Å². The molecule has 4 N–H and O–H groups in total. The van der Waals surface area contributed by atoms with Gasteiger partial charge in [-0.25, -0.2) is 4.79 Å². The van der Waals surface area contributed by atoms with Crippen molar-refractivity contribution >= 4 is 23.8 Å². The van der Waals surface area contributed by atoms with Crippen LogP contribution in [-0.2, 0) is 55.9 Å². The standard InChI is InChI=1S/C36H58N2O12.C2H6.C2H2/c1-5-31(40)37-14-8-6-7-11-32(41)38-15-17-46-19-21-47-20-18-45-16-9-10-26-12-13-29(27(22-26)25-48-35(44)36(2,3)4)49-33-24-28(39)23-30(50-33)34(42)43;2*1-2/h12-13,22,28,30,33,39H,5-11,14-21,23-25H2,1-4H3,(H,37,40)(H,38,41)(H,42,43);1-2H3;1-2H. The number of carboxylic acid groups (broad SMARTS) is 1. The number of aliphatic hydroxyl groups is 1. The summed E-state index contributed by atoms with van der Waals surface area (Å²) in [6.07, 6.45) is 10.0. The highest BCUT2D eigenvalue weighted by atomic mass is 16.7. The highest BCUT2D eigenvalue weighted by Crippen LogP contribution is 2.28. The van der Waals surface area contributed by atoms with Crippen LogP contribution in [0, 0.1) is 18.3 Å². The van der Waals surface area contributed by atoms with Crippen LogP contribution in [0.2, 0.25) is 0 Å². The van der Waals surface area contributed by atoms with Gasteiger partial charge >= 0.3 is 11.9 Å². The Morgan fingerprint density at radius 3 is 2.11 bits per heavy atom. The van der Waals surface area contributed by atoms with Gasteiger partial charge in [-0.2, -0.15) is 0 Å². The van der Waals surface area contributed by atoms with Crippen molar-refractivity contribution in [3.63, 3.8) is 0 Å². The summed E-state index contributed by atoms with van der Waals surface area (Å²) in [5.41, 5.74) is 0.903. The van der Waals surface area contributed by atoms with E-state index in [1.165, 1.54) is 0 Å². The lowest BCUT2D eigenvalue weighted by Crippen LogP contribution is -2.42.